The molecule has 1 amide bonds. The fourth-order valence-corrected chi connectivity index (χ4v) is 3.95. The number of carbonyl (C=O) groups is 2. The van der Waals surface area contributed by atoms with Crippen LogP contribution in [-0.2, 0) is 20.8 Å². The number of rotatable bonds is 10. The van der Waals surface area contributed by atoms with Crippen molar-refractivity contribution >= 4 is 40.4 Å². The molecule has 0 bridgehead atoms. The van der Waals surface area contributed by atoms with Gasteiger partial charge in [0, 0.05) is 17.7 Å². The lowest BCUT2D eigenvalue weighted by Crippen LogP contribution is -2.15. The standard InChI is InChI=1S/C25H30N6O6/c1-5-6-10-26-22-21-20(27-24(28-22)29-25(33)36-4)19(17-9-11-37-14-17)30-31(21)13-16-8-7-15(23(32)35-3)12-18(16)34-2/h7-9,12H,5-6,10-11,13-14H2,1-4H3,(H2,26,27,28,29,33). The Labute approximate surface area is 214 Å². The van der Waals surface area contributed by atoms with Crippen LogP contribution in [0.5, 0.6) is 5.75 Å². The second kappa shape index (κ2) is 11.7. The summed E-state index contributed by atoms with van der Waals surface area (Å²) in [6.07, 6.45) is 3.20. The summed E-state index contributed by atoms with van der Waals surface area (Å²) in [6.45, 7) is 3.95. The number of methoxy groups -OCH3 is 3. The van der Waals surface area contributed by atoms with Crippen LogP contribution in [0.1, 0.15) is 41.4 Å². The zero-order valence-corrected chi connectivity index (χ0v) is 21.3. The van der Waals surface area contributed by atoms with E-state index >= 15 is 0 Å². The summed E-state index contributed by atoms with van der Waals surface area (Å²) in [5.41, 5.74) is 3.91. The van der Waals surface area contributed by atoms with Gasteiger partial charge in [-0.1, -0.05) is 25.5 Å². The normalized spacial score (nSPS) is 12.8. The van der Waals surface area contributed by atoms with Crippen molar-refractivity contribution in [3.8, 4) is 5.75 Å². The van der Waals surface area contributed by atoms with Crippen LogP contribution in [0, 0.1) is 0 Å². The van der Waals surface area contributed by atoms with Crippen molar-refractivity contribution in [2.24, 2.45) is 0 Å². The molecule has 0 saturated heterocycles. The number of carbonyl (C=O) groups excluding carboxylic acids is 2. The van der Waals surface area contributed by atoms with Crippen LogP contribution < -0.4 is 15.4 Å². The van der Waals surface area contributed by atoms with E-state index in [0.717, 1.165) is 24.0 Å². The highest BCUT2D eigenvalue weighted by Gasteiger charge is 2.24. The molecule has 0 unspecified atom stereocenters. The van der Waals surface area contributed by atoms with Crippen LogP contribution >= 0.6 is 0 Å². The lowest BCUT2D eigenvalue weighted by Gasteiger charge is -2.13. The first-order valence-corrected chi connectivity index (χ1v) is 11.9. The summed E-state index contributed by atoms with van der Waals surface area (Å²) in [5, 5.41) is 10.8. The van der Waals surface area contributed by atoms with Crippen molar-refractivity contribution in [3.63, 3.8) is 0 Å². The third-order valence-electron chi connectivity index (χ3n) is 5.85. The second-order valence-corrected chi connectivity index (χ2v) is 8.26. The van der Waals surface area contributed by atoms with Gasteiger partial charge < -0.3 is 24.3 Å². The lowest BCUT2D eigenvalue weighted by molar-refractivity contribution is 0.0600. The number of ether oxygens (including phenoxy) is 4. The van der Waals surface area contributed by atoms with E-state index in [1.807, 2.05) is 6.08 Å². The van der Waals surface area contributed by atoms with Gasteiger partial charge in [-0.05, 0) is 18.6 Å². The molecule has 3 aromatic rings. The number of unbranched alkanes of at least 4 members (excludes halogenated alkanes) is 1. The molecule has 0 radical (unpaired) electrons. The average molecular weight is 511 g/mol. The summed E-state index contributed by atoms with van der Waals surface area (Å²) >= 11 is 0. The monoisotopic (exact) mass is 510 g/mol. The van der Waals surface area contributed by atoms with Gasteiger partial charge >= 0.3 is 12.1 Å². The molecule has 2 aromatic heterocycles. The molecule has 0 aliphatic carbocycles. The Morgan fingerprint density at radius 2 is 2.00 bits per heavy atom. The smallest absolute Gasteiger partial charge is 0.413 e. The van der Waals surface area contributed by atoms with Gasteiger partial charge in [-0.3, -0.25) is 10.00 Å². The van der Waals surface area contributed by atoms with Crippen molar-refractivity contribution in [3.05, 3.63) is 41.1 Å². The summed E-state index contributed by atoms with van der Waals surface area (Å²) in [4.78, 5) is 33.1. The van der Waals surface area contributed by atoms with Gasteiger partial charge in [0.15, 0.2) is 5.82 Å². The fourth-order valence-electron chi connectivity index (χ4n) is 3.95. The first-order chi connectivity index (χ1) is 18.0. The minimum absolute atomic E-state index is 0.0960. The number of esters is 1. The number of fused-ring (bicyclic) bond motifs is 1. The Balaban J connectivity index is 1.85. The minimum atomic E-state index is -0.674. The number of nitrogens with zero attached hydrogens (tertiary/aromatic N) is 4. The Kier molecular flexibility index (Phi) is 8.18. The zero-order valence-electron chi connectivity index (χ0n) is 21.3. The summed E-state index contributed by atoms with van der Waals surface area (Å²) in [5.74, 6) is 0.681. The fraction of sp³-hybridized carbons (Fsp3) is 0.400. The predicted octanol–water partition coefficient (Wildman–Crippen LogP) is 3.47. The van der Waals surface area contributed by atoms with Crippen LogP contribution in [0.15, 0.2) is 24.3 Å². The maximum atomic E-state index is 12.0. The molecule has 0 spiro atoms. The van der Waals surface area contributed by atoms with E-state index < -0.39 is 12.1 Å². The van der Waals surface area contributed by atoms with E-state index in [0.29, 0.717) is 60.2 Å². The van der Waals surface area contributed by atoms with Gasteiger partial charge in [0.2, 0.25) is 5.95 Å². The maximum absolute atomic E-state index is 12.0. The van der Waals surface area contributed by atoms with Crippen LogP contribution in [0.4, 0.5) is 16.6 Å². The molecule has 1 aliphatic heterocycles. The summed E-state index contributed by atoms with van der Waals surface area (Å²) in [7, 11) is 4.15. The predicted molar refractivity (Wildman–Crippen MR) is 137 cm³/mol. The topological polar surface area (TPSA) is 139 Å². The van der Waals surface area contributed by atoms with E-state index in [1.165, 1.54) is 14.2 Å². The van der Waals surface area contributed by atoms with E-state index in [1.54, 1.807) is 30.0 Å². The van der Waals surface area contributed by atoms with Crippen LogP contribution in [0.3, 0.4) is 0 Å². The number of benzene rings is 1. The van der Waals surface area contributed by atoms with E-state index in [4.69, 9.17) is 24.0 Å². The second-order valence-electron chi connectivity index (χ2n) is 8.26. The van der Waals surface area contributed by atoms with Crippen molar-refractivity contribution in [1.29, 1.82) is 0 Å². The Bertz CT molecular complexity index is 1330. The van der Waals surface area contributed by atoms with Gasteiger partial charge in [0.25, 0.3) is 0 Å². The maximum Gasteiger partial charge on any atom is 0.413 e. The van der Waals surface area contributed by atoms with Crippen LogP contribution in [0.25, 0.3) is 16.6 Å². The molecule has 12 heteroatoms. The van der Waals surface area contributed by atoms with E-state index in [2.05, 4.69) is 27.5 Å². The summed E-state index contributed by atoms with van der Waals surface area (Å²) < 4.78 is 22.5. The first kappa shape index (κ1) is 25.9. The highest BCUT2D eigenvalue weighted by atomic mass is 16.5. The number of anilines is 2. The number of aromatic nitrogens is 4. The van der Waals surface area contributed by atoms with Crippen molar-refractivity contribution in [1.82, 2.24) is 19.7 Å². The molecule has 12 nitrogen and oxygen atoms in total. The van der Waals surface area contributed by atoms with E-state index in [-0.39, 0.29) is 5.95 Å². The molecule has 0 atom stereocenters. The molecule has 196 valence electrons. The Morgan fingerprint density at radius 3 is 2.68 bits per heavy atom. The van der Waals surface area contributed by atoms with Crippen LogP contribution in [-0.4, -0.2) is 72.9 Å². The zero-order chi connectivity index (χ0) is 26.4. The largest absolute Gasteiger partial charge is 0.496 e. The molecule has 0 fully saturated rings. The first-order valence-electron chi connectivity index (χ1n) is 11.9. The summed E-state index contributed by atoms with van der Waals surface area (Å²) in [6, 6.07) is 5.11. The van der Waals surface area contributed by atoms with Crippen LogP contribution in [0.2, 0.25) is 0 Å². The van der Waals surface area contributed by atoms with Crippen molar-refractivity contribution in [2.75, 3.05) is 51.7 Å². The minimum Gasteiger partial charge on any atom is -0.496 e. The number of hydrogen-bond acceptors (Lipinski definition) is 10. The number of amides is 1. The third-order valence-corrected chi connectivity index (χ3v) is 5.85. The van der Waals surface area contributed by atoms with Gasteiger partial charge in [0.1, 0.15) is 22.5 Å². The Morgan fingerprint density at radius 1 is 1.16 bits per heavy atom. The number of nitrogens with one attached hydrogen (secondary N) is 2. The average Bonchev–Trinajstić information content (AvgIpc) is 3.57. The molecular formula is C25H30N6O6. The molecule has 3 heterocycles. The molecule has 37 heavy (non-hydrogen) atoms. The molecule has 2 N–H and O–H groups in total. The number of hydrogen-bond donors (Lipinski definition) is 2. The third kappa shape index (κ3) is 5.64. The van der Waals surface area contributed by atoms with Gasteiger partial charge in [-0.25, -0.2) is 14.6 Å². The molecule has 4 rings (SSSR count). The molecule has 0 saturated carbocycles. The lowest BCUT2D eigenvalue weighted by atomic mass is 10.1. The van der Waals surface area contributed by atoms with Crippen molar-refractivity contribution < 1.29 is 28.5 Å². The van der Waals surface area contributed by atoms with Gasteiger partial charge in [-0.2, -0.15) is 10.1 Å². The van der Waals surface area contributed by atoms with Gasteiger partial charge in [0.05, 0.1) is 46.7 Å². The SMILES string of the molecule is CCCCNc1nc(NC(=O)OC)nc2c(C3=CCOC3)nn(Cc3ccc(C(=O)OC)cc3OC)c12. The molecule has 1 aliphatic rings. The highest BCUT2D eigenvalue weighted by molar-refractivity contribution is 5.96. The highest BCUT2D eigenvalue weighted by Crippen LogP contribution is 2.32. The Hall–Kier alpha value is -4.19. The van der Waals surface area contributed by atoms with Crippen molar-refractivity contribution in [2.45, 2.75) is 26.3 Å². The quantitative estimate of drug-likeness (QED) is 0.308. The molecule has 1 aromatic carbocycles. The van der Waals surface area contributed by atoms with Gasteiger partial charge in [-0.15, -0.1) is 0 Å². The molecular weight excluding hydrogens is 480 g/mol. The van der Waals surface area contributed by atoms with E-state index in [9.17, 15) is 9.59 Å².